The van der Waals surface area contributed by atoms with E-state index in [1.54, 1.807) is 11.8 Å². The minimum Gasteiger partial charge on any atom is -0.310 e. The zero-order valence-corrected chi connectivity index (χ0v) is 13.6. The number of hydrogen-bond donors (Lipinski definition) is 1. The smallest absolute Gasteiger partial charge is 0.209 e. The zero-order chi connectivity index (χ0) is 14.3. The Labute approximate surface area is 120 Å². The Hall–Kier alpha value is -0.620. The molecule has 0 aliphatic heterocycles. The number of nitrogens with one attached hydrogen (secondary N) is 1. The first-order valence-corrected chi connectivity index (χ1v) is 8.08. The maximum Gasteiger partial charge on any atom is 0.209 e. The van der Waals surface area contributed by atoms with E-state index in [1.165, 1.54) is 12.8 Å². The first kappa shape index (κ1) is 16.4. The fourth-order valence-corrected chi connectivity index (χ4v) is 2.92. The van der Waals surface area contributed by atoms with Crippen molar-refractivity contribution in [2.24, 2.45) is 5.92 Å². The molecule has 0 atom stereocenters. The Morgan fingerprint density at radius 2 is 1.95 bits per heavy atom. The maximum atomic E-state index is 4.11. The number of hydrogen-bond acceptors (Lipinski definition) is 5. The average molecular weight is 285 g/mol. The quantitative estimate of drug-likeness (QED) is 0.744. The van der Waals surface area contributed by atoms with E-state index in [4.69, 9.17) is 0 Å². The third kappa shape index (κ3) is 6.38. The van der Waals surface area contributed by atoms with Crippen molar-refractivity contribution in [3.8, 4) is 0 Å². The predicted molar refractivity (Wildman–Crippen MR) is 80.4 cm³/mol. The van der Waals surface area contributed by atoms with E-state index < -0.39 is 0 Å². The van der Waals surface area contributed by atoms with Gasteiger partial charge in [0, 0.05) is 17.8 Å². The number of tetrazole rings is 1. The largest absolute Gasteiger partial charge is 0.310 e. The summed E-state index contributed by atoms with van der Waals surface area (Å²) in [5, 5.41) is 16.3. The molecule has 0 fully saturated rings. The molecule has 1 heterocycles. The second-order valence-corrected chi connectivity index (χ2v) is 6.84. The molecular formula is C13H27N5S. The maximum absolute atomic E-state index is 4.11. The van der Waals surface area contributed by atoms with E-state index in [-0.39, 0.29) is 5.54 Å². The van der Waals surface area contributed by atoms with Gasteiger partial charge in [0.25, 0.3) is 0 Å². The van der Waals surface area contributed by atoms with Gasteiger partial charge in [-0.2, -0.15) is 0 Å². The lowest BCUT2D eigenvalue weighted by atomic mass is 10.1. The summed E-state index contributed by atoms with van der Waals surface area (Å²) in [6, 6.07) is 0. The summed E-state index contributed by atoms with van der Waals surface area (Å²) >= 11 is 1.77. The van der Waals surface area contributed by atoms with Crippen molar-refractivity contribution in [3.05, 3.63) is 0 Å². The Morgan fingerprint density at radius 3 is 2.53 bits per heavy atom. The lowest BCUT2D eigenvalue weighted by Crippen LogP contribution is -2.38. The molecule has 1 aromatic rings. The first-order valence-electron chi connectivity index (χ1n) is 7.10. The third-order valence-corrected chi connectivity index (χ3v) is 4.27. The van der Waals surface area contributed by atoms with Gasteiger partial charge < -0.3 is 5.32 Å². The van der Waals surface area contributed by atoms with Crippen LogP contribution in [0.1, 0.15) is 47.5 Å². The van der Waals surface area contributed by atoms with Crippen LogP contribution >= 0.6 is 11.8 Å². The number of rotatable bonds is 8. The summed E-state index contributed by atoms with van der Waals surface area (Å²) in [6.45, 7) is 12.7. The fourth-order valence-electron chi connectivity index (χ4n) is 1.69. The molecule has 0 saturated heterocycles. The molecule has 0 aromatic carbocycles. The van der Waals surface area contributed by atoms with Crippen LogP contribution in [-0.2, 0) is 6.54 Å². The van der Waals surface area contributed by atoms with Crippen LogP contribution in [0.25, 0.3) is 0 Å². The van der Waals surface area contributed by atoms with Crippen molar-refractivity contribution in [1.82, 2.24) is 25.5 Å². The van der Waals surface area contributed by atoms with Crippen molar-refractivity contribution < 1.29 is 0 Å². The van der Waals surface area contributed by atoms with Crippen LogP contribution in [0.15, 0.2) is 5.16 Å². The highest BCUT2D eigenvalue weighted by Crippen LogP contribution is 2.21. The molecule has 19 heavy (non-hydrogen) atoms. The van der Waals surface area contributed by atoms with Crippen LogP contribution in [0.3, 0.4) is 0 Å². The van der Waals surface area contributed by atoms with E-state index in [0.29, 0.717) is 0 Å². The lowest BCUT2D eigenvalue weighted by Gasteiger charge is -2.20. The summed E-state index contributed by atoms with van der Waals surface area (Å²) < 4.78 is 1.89. The van der Waals surface area contributed by atoms with E-state index >= 15 is 0 Å². The molecule has 1 rings (SSSR count). The summed E-state index contributed by atoms with van der Waals surface area (Å²) in [7, 11) is 0. The monoisotopic (exact) mass is 285 g/mol. The highest BCUT2D eigenvalue weighted by atomic mass is 32.2. The molecule has 6 heteroatoms. The van der Waals surface area contributed by atoms with Crippen molar-refractivity contribution in [3.63, 3.8) is 0 Å². The zero-order valence-electron chi connectivity index (χ0n) is 12.8. The van der Waals surface area contributed by atoms with Crippen molar-refractivity contribution in [2.75, 3.05) is 12.3 Å². The Balaban J connectivity index is 2.42. The molecule has 0 saturated carbocycles. The number of aromatic nitrogens is 4. The molecule has 5 nitrogen and oxygen atoms in total. The van der Waals surface area contributed by atoms with Crippen LogP contribution in [0.4, 0.5) is 0 Å². The molecule has 1 N–H and O–H groups in total. The van der Waals surface area contributed by atoms with E-state index in [9.17, 15) is 0 Å². The van der Waals surface area contributed by atoms with Gasteiger partial charge in [-0.25, -0.2) is 4.68 Å². The minimum atomic E-state index is 0.136. The van der Waals surface area contributed by atoms with Crippen molar-refractivity contribution >= 4 is 11.8 Å². The molecule has 0 aliphatic rings. The second-order valence-electron chi connectivity index (χ2n) is 5.85. The SMILES string of the molecule is CCC(CC)CSc1nnnn1CCNC(C)(C)C. The molecule has 0 radical (unpaired) electrons. The van der Waals surface area contributed by atoms with Crippen molar-refractivity contribution in [2.45, 2.75) is 64.7 Å². The number of nitrogens with zero attached hydrogens (tertiary/aromatic N) is 4. The molecule has 0 unspecified atom stereocenters. The van der Waals surface area contributed by atoms with Gasteiger partial charge in [0.2, 0.25) is 5.16 Å². The van der Waals surface area contributed by atoms with Gasteiger partial charge >= 0.3 is 0 Å². The van der Waals surface area contributed by atoms with Gasteiger partial charge in [0.15, 0.2) is 0 Å². The van der Waals surface area contributed by atoms with Gasteiger partial charge in [-0.15, -0.1) is 5.10 Å². The van der Waals surface area contributed by atoms with Gasteiger partial charge in [0.1, 0.15) is 0 Å². The summed E-state index contributed by atoms with van der Waals surface area (Å²) in [6.07, 6.45) is 2.44. The van der Waals surface area contributed by atoms with Crippen molar-refractivity contribution in [1.29, 1.82) is 0 Å². The van der Waals surface area contributed by atoms with Crippen LogP contribution < -0.4 is 5.32 Å². The van der Waals surface area contributed by atoms with Crippen LogP contribution in [0.5, 0.6) is 0 Å². The summed E-state index contributed by atoms with van der Waals surface area (Å²) in [5.74, 6) is 1.85. The Morgan fingerprint density at radius 1 is 1.26 bits per heavy atom. The van der Waals surface area contributed by atoms with E-state index in [2.05, 4.69) is 55.5 Å². The predicted octanol–water partition coefficient (Wildman–Crippen LogP) is 2.59. The van der Waals surface area contributed by atoms with Gasteiger partial charge in [0.05, 0.1) is 6.54 Å². The second kappa shape index (κ2) is 7.85. The normalized spacial score (nSPS) is 12.3. The molecule has 0 amide bonds. The average Bonchev–Trinajstić information content (AvgIpc) is 2.76. The first-order chi connectivity index (χ1) is 8.96. The van der Waals surface area contributed by atoms with Gasteiger partial charge in [-0.1, -0.05) is 38.5 Å². The molecule has 110 valence electrons. The van der Waals surface area contributed by atoms with Crippen LogP contribution in [0, 0.1) is 5.92 Å². The van der Waals surface area contributed by atoms with E-state index in [0.717, 1.165) is 29.9 Å². The molecule has 0 spiro atoms. The third-order valence-electron chi connectivity index (χ3n) is 3.08. The summed E-state index contributed by atoms with van der Waals surface area (Å²) in [4.78, 5) is 0. The molecular weight excluding hydrogens is 258 g/mol. The standard InChI is InChI=1S/C13H27N5S/c1-6-11(7-2)10-19-12-15-16-17-18(12)9-8-14-13(3,4)5/h11,14H,6-10H2,1-5H3. The summed E-state index contributed by atoms with van der Waals surface area (Å²) in [5.41, 5.74) is 0.136. The Kier molecular flexibility index (Phi) is 6.79. The highest BCUT2D eigenvalue weighted by Gasteiger charge is 2.12. The van der Waals surface area contributed by atoms with Crippen LogP contribution in [0.2, 0.25) is 0 Å². The lowest BCUT2D eigenvalue weighted by molar-refractivity contribution is 0.396. The van der Waals surface area contributed by atoms with Gasteiger partial charge in [-0.05, 0) is 37.1 Å². The van der Waals surface area contributed by atoms with E-state index in [1.807, 2.05) is 4.68 Å². The van der Waals surface area contributed by atoms with Crippen LogP contribution in [-0.4, -0.2) is 38.0 Å². The fraction of sp³-hybridized carbons (Fsp3) is 0.923. The molecule has 1 aromatic heterocycles. The Bertz CT molecular complexity index is 354. The topological polar surface area (TPSA) is 55.6 Å². The molecule has 0 bridgehead atoms. The minimum absolute atomic E-state index is 0.136. The number of thioether (sulfide) groups is 1. The highest BCUT2D eigenvalue weighted by molar-refractivity contribution is 7.99. The van der Waals surface area contributed by atoms with Gasteiger partial charge in [-0.3, -0.25) is 0 Å². The molecule has 0 aliphatic carbocycles.